The average molecular weight is 488 g/mol. The van der Waals surface area contributed by atoms with E-state index in [-0.39, 0.29) is 0 Å². The maximum Gasteiger partial charge on any atom is 0.240 e. The molecule has 1 saturated heterocycles. The Morgan fingerprint density at radius 2 is 1.81 bits per heavy atom. The number of nitrogens with zero attached hydrogens (tertiary/aromatic N) is 6. The number of nitrogens with one attached hydrogen (secondary N) is 1. The summed E-state index contributed by atoms with van der Waals surface area (Å²) in [5.74, 6) is 2.97. The van der Waals surface area contributed by atoms with Crippen molar-refractivity contribution in [2.75, 3.05) is 31.2 Å². The minimum atomic E-state index is 0.620. The quantitative estimate of drug-likeness (QED) is 0.345. The van der Waals surface area contributed by atoms with E-state index >= 15 is 0 Å². The molecule has 1 aliphatic rings. The highest BCUT2D eigenvalue weighted by atomic mass is 16.5. The van der Waals surface area contributed by atoms with Gasteiger partial charge in [0.05, 0.1) is 18.9 Å². The van der Waals surface area contributed by atoms with E-state index in [0.29, 0.717) is 30.9 Å². The Labute approximate surface area is 213 Å². The molecule has 0 amide bonds. The number of fused-ring (bicyclic) bond motifs is 1. The minimum absolute atomic E-state index is 0.620. The molecule has 1 aromatic carbocycles. The molecule has 190 valence electrons. The van der Waals surface area contributed by atoms with Gasteiger partial charge in [0, 0.05) is 48.4 Å². The van der Waals surface area contributed by atoms with Crippen molar-refractivity contribution in [2.24, 2.45) is 0 Å². The topological polar surface area (TPSA) is 84.8 Å². The van der Waals surface area contributed by atoms with Crippen LogP contribution < -0.4 is 4.90 Å². The van der Waals surface area contributed by atoms with Gasteiger partial charge in [0.2, 0.25) is 11.9 Å². The lowest BCUT2D eigenvalue weighted by molar-refractivity contribution is 0.122. The summed E-state index contributed by atoms with van der Waals surface area (Å²) in [7, 11) is 0. The van der Waals surface area contributed by atoms with E-state index in [1.165, 1.54) is 0 Å². The van der Waals surface area contributed by atoms with E-state index in [9.17, 15) is 0 Å². The summed E-state index contributed by atoms with van der Waals surface area (Å²) in [6, 6.07) is 8.22. The number of allylic oxidation sites excluding steroid dienone is 2. The third-order valence-corrected chi connectivity index (χ3v) is 6.09. The first kappa shape index (κ1) is 25.6. The lowest BCUT2D eigenvalue weighted by atomic mass is 10.1. The molecule has 1 fully saturated rings. The fourth-order valence-corrected chi connectivity index (χ4v) is 4.22. The van der Waals surface area contributed by atoms with Gasteiger partial charge in [-0.05, 0) is 38.3 Å². The fourth-order valence-electron chi connectivity index (χ4n) is 4.22. The lowest BCUT2D eigenvalue weighted by Crippen LogP contribution is -2.37. The lowest BCUT2D eigenvalue weighted by Gasteiger charge is -2.27. The summed E-state index contributed by atoms with van der Waals surface area (Å²) >= 11 is 0. The van der Waals surface area contributed by atoms with Crippen LogP contribution in [-0.4, -0.2) is 55.8 Å². The molecule has 8 nitrogen and oxygen atoms in total. The highest BCUT2D eigenvalue weighted by molar-refractivity contribution is 5.93. The molecule has 8 heteroatoms. The summed E-state index contributed by atoms with van der Waals surface area (Å²) < 4.78 is 7.57. The number of anilines is 1. The van der Waals surface area contributed by atoms with Crippen LogP contribution in [0.2, 0.25) is 0 Å². The number of ether oxygens (including phenoxy) is 1. The SMILES string of the molecule is C/C=C\CC.CCCc1nc(CC)cn1-c1nc(-c2cccc3[nH]ccc23)nc(N2CCOCC2)n1. The summed E-state index contributed by atoms with van der Waals surface area (Å²) in [4.78, 5) is 24.9. The maximum atomic E-state index is 5.53. The Hall–Kier alpha value is -3.52. The predicted molar refractivity (Wildman–Crippen MR) is 146 cm³/mol. The number of hydrogen-bond donors (Lipinski definition) is 1. The first-order valence-corrected chi connectivity index (χ1v) is 13.0. The van der Waals surface area contributed by atoms with Crippen LogP contribution >= 0.6 is 0 Å². The molecule has 1 N–H and O–H groups in total. The highest BCUT2D eigenvalue weighted by Gasteiger charge is 2.20. The Morgan fingerprint density at radius 1 is 1.00 bits per heavy atom. The molecule has 0 saturated carbocycles. The summed E-state index contributed by atoms with van der Waals surface area (Å²) in [5, 5.41) is 1.10. The number of hydrogen-bond acceptors (Lipinski definition) is 6. The molecule has 0 spiro atoms. The Kier molecular flexibility index (Phi) is 8.84. The van der Waals surface area contributed by atoms with Crippen molar-refractivity contribution in [2.45, 2.75) is 53.4 Å². The van der Waals surface area contributed by atoms with Crippen molar-refractivity contribution in [3.8, 4) is 17.3 Å². The zero-order valence-electron chi connectivity index (χ0n) is 21.9. The van der Waals surface area contributed by atoms with Crippen LogP contribution in [0.25, 0.3) is 28.2 Å². The number of aryl methyl sites for hydroxylation is 2. The summed E-state index contributed by atoms with van der Waals surface area (Å²) in [6.07, 6.45) is 12.1. The van der Waals surface area contributed by atoms with E-state index in [0.717, 1.165) is 66.8 Å². The van der Waals surface area contributed by atoms with Gasteiger partial charge in [-0.25, -0.2) is 4.98 Å². The molecule has 36 heavy (non-hydrogen) atoms. The number of aromatic nitrogens is 6. The molecule has 3 aromatic heterocycles. The fraction of sp³-hybridized carbons (Fsp3) is 0.429. The van der Waals surface area contributed by atoms with Crippen molar-refractivity contribution < 1.29 is 4.74 Å². The van der Waals surface area contributed by atoms with E-state index in [2.05, 4.69) is 67.2 Å². The smallest absolute Gasteiger partial charge is 0.240 e. The van der Waals surface area contributed by atoms with Crippen molar-refractivity contribution >= 4 is 16.9 Å². The Morgan fingerprint density at radius 3 is 2.50 bits per heavy atom. The molecule has 0 unspecified atom stereocenters. The van der Waals surface area contributed by atoms with Crippen LogP contribution in [0.3, 0.4) is 0 Å². The number of aromatic amines is 1. The van der Waals surface area contributed by atoms with E-state index in [1.807, 2.05) is 23.8 Å². The standard InChI is InChI=1S/C23H27N7O.C5H10/c1-3-6-20-25-16(4-2)15-30(20)23-27-21(18-7-5-8-19-17(18)9-10-24-19)26-22(28-23)29-11-13-31-14-12-29;1-3-5-4-2/h5,7-10,15,24H,3-4,6,11-14H2,1-2H3;3,5H,4H2,1-2H3/b;5-3-. The minimum Gasteiger partial charge on any atom is -0.378 e. The Balaban J connectivity index is 0.000000556. The zero-order valence-corrected chi connectivity index (χ0v) is 21.9. The van der Waals surface area contributed by atoms with Gasteiger partial charge in [0.1, 0.15) is 5.82 Å². The van der Waals surface area contributed by atoms with Gasteiger partial charge in [-0.15, -0.1) is 0 Å². The molecule has 5 rings (SSSR count). The van der Waals surface area contributed by atoms with Crippen LogP contribution in [-0.2, 0) is 17.6 Å². The number of morpholine rings is 1. The average Bonchev–Trinajstić information content (AvgIpc) is 3.57. The number of benzene rings is 1. The van der Waals surface area contributed by atoms with Gasteiger partial charge >= 0.3 is 0 Å². The molecular weight excluding hydrogens is 450 g/mol. The van der Waals surface area contributed by atoms with Gasteiger partial charge in [0.15, 0.2) is 5.82 Å². The van der Waals surface area contributed by atoms with Gasteiger partial charge in [-0.1, -0.05) is 45.1 Å². The van der Waals surface area contributed by atoms with E-state index < -0.39 is 0 Å². The molecule has 0 radical (unpaired) electrons. The second kappa shape index (κ2) is 12.4. The molecular formula is C28H37N7O. The van der Waals surface area contributed by atoms with Crippen LogP contribution in [0.4, 0.5) is 5.95 Å². The number of imidazole rings is 1. The van der Waals surface area contributed by atoms with Gasteiger partial charge in [0.25, 0.3) is 0 Å². The van der Waals surface area contributed by atoms with Crippen molar-refractivity contribution in [3.63, 3.8) is 0 Å². The van der Waals surface area contributed by atoms with Crippen LogP contribution in [0.5, 0.6) is 0 Å². The van der Waals surface area contributed by atoms with Crippen molar-refractivity contribution in [1.29, 1.82) is 0 Å². The third kappa shape index (κ3) is 5.82. The largest absolute Gasteiger partial charge is 0.378 e. The second-order valence-electron chi connectivity index (χ2n) is 8.70. The molecule has 0 atom stereocenters. The van der Waals surface area contributed by atoms with Crippen molar-refractivity contribution in [3.05, 3.63) is 60.3 Å². The Bertz CT molecular complexity index is 1280. The molecule has 4 heterocycles. The molecule has 1 aliphatic heterocycles. The molecule has 0 bridgehead atoms. The first-order chi connectivity index (χ1) is 17.7. The molecule has 4 aromatic rings. The highest BCUT2D eigenvalue weighted by Crippen LogP contribution is 2.28. The second-order valence-corrected chi connectivity index (χ2v) is 8.70. The van der Waals surface area contributed by atoms with Gasteiger partial charge < -0.3 is 14.6 Å². The summed E-state index contributed by atoms with van der Waals surface area (Å²) in [6.45, 7) is 11.3. The molecule has 0 aliphatic carbocycles. The first-order valence-electron chi connectivity index (χ1n) is 13.0. The number of H-pyrrole nitrogens is 1. The van der Waals surface area contributed by atoms with Gasteiger partial charge in [-0.3, -0.25) is 4.57 Å². The normalized spacial score (nSPS) is 13.8. The van der Waals surface area contributed by atoms with Gasteiger partial charge in [-0.2, -0.15) is 15.0 Å². The number of rotatable bonds is 7. The third-order valence-electron chi connectivity index (χ3n) is 6.09. The monoisotopic (exact) mass is 487 g/mol. The zero-order chi connectivity index (χ0) is 25.3. The maximum absolute atomic E-state index is 5.53. The van der Waals surface area contributed by atoms with E-state index in [1.54, 1.807) is 0 Å². The van der Waals surface area contributed by atoms with Crippen LogP contribution in [0, 0.1) is 0 Å². The van der Waals surface area contributed by atoms with E-state index in [4.69, 9.17) is 24.7 Å². The summed E-state index contributed by atoms with van der Waals surface area (Å²) in [5.41, 5.74) is 3.10. The van der Waals surface area contributed by atoms with Crippen LogP contribution in [0.15, 0.2) is 48.8 Å². The predicted octanol–water partition coefficient (Wildman–Crippen LogP) is 5.53. The van der Waals surface area contributed by atoms with Crippen molar-refractivity contribution in [1.82, 2.24) is 29.5 Å². The van der Waals surface area contributed by atoms with Crippen LogP contribution in [0.1, 0.15) is 52.1 Å².